The molecule has 0 spiro atoms. The van der Waals surface area contributed by atoms with Crippen LogP contribution in [0.4, 0.5) is 0 Å². The number of ketones is 1. The lowest BCUT2D eigenvalue weighted by atomic mass is 10.0. The number of rotatable bonds is 5. The van der Waals surface area contributed by atoms with E-state index in [4.69, 9.17) is 0 Å². The highest BCUT2D eigenvalue weighted by Crippen LogP contribution is 2.11. The third-order valence-corrected chi connectivity index (χ3v) is 2.67. The van der Waals surface area contributed by atoms with E-state index in [1.807, 2.05) is 63.3 Å². The minimum absolute atomic E-state index is 0.112. The van der Waals surface area contributed by atoms with Crippen LogP contribution in [0.2, 0.25) is 0 Å². The van der Waals surface area contributed by atoms with Gasteiger partial charge in [-0.2, -0.15) is 0 Å². The van der Waals surface area contributed by atoms with Crippen LogP contribution in [0, 0.1) is 0 Å². The van der Waals surface area contributed by atoms with E-state index in [2.05, 4.69) is 13.8 Å². The van der Waals surface area contributed by atoms with E-state index in [0.29, 0.717) is 0 Å². The molecule has 0 aliphatic rings. The van der Waals surface area contributed by atoms with Crippen LogP contribution in [-0.2, 0) is 6.42 Å². The van der Waals surface area contributed by atoms with E-state index in [0.717, 1.165) is 24.0 Å². The lowest BCUT2D eigenvalue weighted by molar-refractivity contribution is 0.103. The summed E-state index contributed by atoms with van der Waals surface area (Å²) >= 11 is 0. The summed E-state index contributed by atoms with van der Waals surface area (Å²) in [5.41, 5.74) is 2.76. The van der Waals surface area contributed by atoms with Crippen molar-refractivity contribution in [1.82, 2.24) is 0 Å². The molecular formula is C18H26O. The fourth-order valence-corrected chi connectivity index (χ4v) is 1.58. The maximum atomic E-state index is 12.1. The molecular weight excluding hydrogens is 232 g/mol. The van der Waals surface area contributed by atoms with Gasteiger partial charge >= 0.3 is 0 Å². The van der Waals surface area contributed by atoms with Crippen LogP contribution < -0.4 is 0 Å². The van der Waals surface area contributed by atoms with E-state index in [-0.39, 0.29) is 5.78 Å². The van der Waals surface area contributed by atoms with Crippen LogP contribution in [0.3, 0.4) is 0 Å². The van der Waals surface area contributed by atoms with Crippen LogP contribution in [0.1, 0.15) is 57.0 Å². The molecule has 0 atom stereocenters. The first-order valence-corrected chi connectivity index (χ1v) is 7.16. The third-order valence-electron chi connectivity index (χ3n) is 2.67. The molecule has 0 radical (unpaired) electrons. The second kappa shape index (κ2) is 10.3. The molecule has 0 unspecified atom stereocenters. The van der Waals surface area contributed by atoms with Gasteiger partial charge in [0.15, 0.2) is 5.78 Å². The van der Waals surface area contributed by atoms with E-state index in [9.17, 15) is 4.79 Å². The Hall–Kier alpha value is -1.63. The van der Waals surface area contributed by atoms with Crippen LogP contribution in [0.15, 0.2) is 48.1 Å². The second-order valence-corrected chi connectivity index (χ2v) is 4.07. The Morgan fingerprint density at radius 3 is 2.47 bits per heavy atom. The predicted molar refractivity (Wildman–Crippen MR) is 84.7 cm³/mol. The molecule has 1 heteroatoms. The van der Waals surface area contributed by atoms with Gasteiger partial charge in [-0.1, -0.05) is 64.1 Å². The zero-order chi connectivity index (χ0) is 14.7. The lowest BCUT2D eigenvalue weighted by Gasteiger charge is -2.02. The van der Waals surface area contributed by atoms with Crippen LogP contribution >= 0.6 is 0 Å². The van der Waals surface area contributed by atoms with Crippen molar-refractivity contribution in [3.8, 4) is 0 Å². The summed E-state index contributed by atoms with van der Waals surface area (Å²) in [6.07, 6.45) is 7.81. The molecule has 0 saturated heterocycles. The molecule has 0 heterocycles. The largest absolute Gasteiger partial charge is 0.289 e. The number of Topliss-reactive ketones (excluding diaryl/α,β-unsaturated/α-hetero) is 1. The number of hydrogen-bond acceptors (Lipinski definition) is 1. The standard InChI is InChI=1S/C16H20O.C2H6/c1-4-6-7-9-13(3)16(17)15-11-8-10-14(5-2)12-15;1-2/h6-12H,4-5H2,1-3H3;1-2H3/b7-6-,13-9+;. The Balaban J connectivity index is 0.00000154. The molecule has 1 rings (SSSR count). The summed E-state index contributed by atoms with van der Waals surface area (Å²) in [7, 11) is 0. The third kappa shape index (κ3) is 6.19. The van der Waals surface area contributed by atoms with Crippen molar-refractivity contribution < 1.29 is 4.79 Å². The SMILES string of the molecule is CC.CC/C=C\C=C(/C)C(=O)c1cccc(CC)c1. The first-order valence-electron chi connectivity index (χ1n) is 7.16. The van der Waals surface area contributed by atoms with E-state index < -0.39 is 0 Å². The van der Waals surface area contributed by atoms with Gasteiger partial charge in [0.1, 0.15) is 0 Å². The van der Waals surface area contributed by atoms with Gasteiger partial charge in [-0.05, 0) is 37.0 Å². The molecule has 0 fully saturated rings. The molecule has 0 N–H and O–H groups in total. The molecule has 1 nitrogen and oxygen atoms in total. The van der Waals surface area contributed by atoms with Crippen molar-refractivity contribution in [2.45, 2.75) is 47.5 Å². The summed E-state index contributed by atoms with van der Waals surface area (Å²) < 4.78 is 0. The van der Waals surface area contributed by atoms with E-state index in [1.54, 1.807) is 0 Å². The zero-order valence-corrected chi connectivity index (χ0v) is 12.9. The van der Waals surface area contributed by atoms with Crippen molar-refractivity contribution in [1.29, 1.82) is 0 Å². The molecule has 0 aromatic heterocycles. The highest BCUT2D eigenvalue weighted by molar-refractivity contribution is 6.08. The first-order chi connectivity index (χ1) is 9.19. The Kier molecular flexibility index (Phi) is 9.42. The molecule has 0 aliphatic heterocycles. The number of hydrogen-bond donors (Lipinski definition) is 0. The fraction of sp³-hybridized carbons (Fsp3) is 0.389. The van der Waals surface area contributed by atoms with Gasteiger partial charge in [-0.25, -0.2) is 0 Å². The number of carbonyl (C=O) groups excluding carboxylic acids is 1. The van der Waals surface area contributed by atoms with Gasteiger partial charge in [0, 0.05) is 5.56 Å². The quantitative estimate of drug-likeness (QED) is 0.394. The Labute approximate surface area is 118 Å². The summed E-state index contributed by atoms with van der Waals surface area (Å²) in [5, 5.41) is 0. The molecule has 19 heavy (non-hydrogen) atoms. The number of allylic oxidation sites excluding steroid dienone is 4. The molecule has 0 aliphatic carbocycles. The van der Waals surface area contributed by atoms with Gasteiger partial charge in [0.2, 0.25) is 0 Å². The second-order valence-electron chi connectivity index (χ2n) is 4.07. The highest BCUT2D eigenvalue weighted by Gasteiger charge is 2.07. The molecule has 0 bridgehead atoms. The zero-order valence-electron chi connectivity index (χ0n) is 12.9. The van der Waals surface area contributed by atoms with Crippen molar-refractivity contribution >= 4 is 5.78 Å². The van der Waals surface area contributed by atoms with Gasteiger partial charge in [-0.3, -0.25) is 4.79 Å². The average molecular weight is 258 g/mol. The van der Waals surface area contributed by atoms with Crippen molar-refractivity contribution in [2.24, 2.45) is 0 Å². The summed E-state index contributed by atoms with van der Waals surface area (Å²) in [6.45, 7) is 10.0. The van der Waals surface area contributed by atoms with E-state index >= 15 is 0 Å². The van der Waals surface area contributed by atoms with Gasteiger partial charge < -0.3 is 0 Å². The van der Waals surface area contributed by atoms with Crippen molar-refractivity contribution in [3.63, 3.8) is 0 Å². The summed E-state index contributed by atoms with van der Waals surface area (Å²) in [6, 6.07) is 7.85. The van der Waals surface area contributed by atoms with Crippen LogP contribution in [0.25, 0.3) is 0 Å². The molecule has 0 saturated carbocycles. The minimum atomic E-state index is 0.112. The summed E-state index contributed by atoms with van der Waals surface area (Å²) in [5.74, 6) is 0.112. The highest BCUT2D eigenvalue weighted by atomic mass is 16.1. The lowest BCUT2D eigenvalue weighted by Crippen LogP contribution is -2.01. The first kappa shape index (κ1) is 17.4. The number of aryl methyl sites for hydroxylation is 1. The molecule has 1 aromatic rings. The average Bonchev–Trinajstić information content (AvgIpc) is 2.48. The van der Waals surface area contributed by atoms with Crippen LogP contribution in [0.5, 0.6) is 0 Å². The van der Waals surface area contributed by atoms with E-state index in [1.165, 1.54) is 5.56 Å². The van der Waals surface area contributed by atoms with Crippen LogP contribution in [-0.4, -0.2) is 5.78 Å². The Morgan fingerprint density at radius 2 is 1.89 bits per heavy atom. The smallest absolute Gasteiger partial charge is 0.188 e. The molecule has 104 valence electrons. The minimum Gasteiger partial charge on any atom is -0.289 e. The Bertz CT molecular complexity index is 439. The molecule has 1 aromatic carbocycles. The maximum absolute atomic E-state index is 12.1. The fourth-order valence-electron chi connectivity index (χ4n) is 1.58. The topological polar surface area (TPSA) is 17.1 Å². The monoisotopic (exact) mass is 258 g/mol. The Morgan fingerprint density at radius 1 is 1.21 bits per heavy atom. The number of benzene rings is 1. The summed E-state index contributed by atoms with van der Waals surface area (Å²) in [4.78, 5) is 12.1. The van der Waals surface area contributed by atoms with Gasteiger partial charge in [0.05, 0.1) is 0 Å². The molecule has 0 amide bonds. The maximum Gasteiger partial charge on any atom is 0.188 e. The van der Waals surface area contributed by atoms with Gasteiger partial charge in [-0.15, -0.1) is 0 Å². The van der Waals surface area contributed by atoms with Gasteiger partial charge in [0.25, 0.3) is 0 Å². The van der Waals surface area contributed by atoms with Crippen molar-refractivity contribution in [2.75, 3.05) is 0 Å². The normalized spacial score (nSPS) is 11.1. The number of carbonyl (C=O) groups is 1. The predicted octanol–water partition coefficient (Wildman–Crippen LogP) is 5.37. The van der Waals surface area contributed by atoms with Crippen molar-refractivity contribution in [3.05, 3.63) is 59.2 Å².